The molecule has 0 bridgehead atoms. The number of benzene rings is 2. The van der Waals surface area contributed by atoms with Crippen LogP contribution in [0.1, 0.15) is 34.3 Å². The topological polar surface area (TPSA) is 88.9 Å². The Kier molecular flexibility index (Phi) is 5.17. The molecule has 2 heterocycles. The molecule has 2 aromatic carbocycles. The second-order valence-corrected chi connectivity index (χ2v) is 8.66. The normalized spacial score (nSPS) is 13.2. The van der Waals surface area contributed by atoms with Crippen molar-refractivity contribution in [2.24, 2.45) is 7.05 Å². The van der Waals surface area contributed by atoms with Gasteiger partial charge in [-0.25, -0.2) is 9.97 Å². The fourth-order valence-electron chi connectivity index (χ4n) is 3.88. The highest BCUT2D eigenvalue weighted by Crippen LogP contribution is 2.28. The molecule has 0 unspecified atom stereocenters. The van der Waals surface area contributed by atoms with Crippen molar-refractivity contribution in [1.29, 1.82) is 0 Å². The van der Waals surface area contributed by atoms with E-state index >= 15 is 0 Å². The summed E-state index contributed by atoms with van der Waals surface area (Å²) in [6, 6.07) is 15.5. The number of pyridine rings is 1. The Bertz CT molecular complexity index is 1450. The van der Waals surface area contributed by atoms with E-state index in [1.165, 1.54) is 0 Å². The van der Waals surface area contributed by atoms with Crippen molar-refractivity contribution in [2.45, 2.75) is 32.7 Å². The van der Waals surface area contributed by atoms with Crippen molar-refractivity contribution in [3.8, 4) is 11.3 Å². The highest BCUT2D eigenvalue weighted by molar-refractivity contribution is 6.04. The molecule has 7 nitrogen and oxygen atoms in total. The van der Waals surface area contributed by atoms with Crippen LogP contribution < -0.4 is 16.2 Å². The van der Waals surface area contributed by atoms with Gasteiger partial charge in [-0.15, -0.1) is 0 Å². The van der Waals surface area contributed by atoms with Crippen LogP contribution in [0.15, 0.2) is 59.5 Å². The van der Waals surface area contributed by atoms with Gasteiger partial charge < -0.3 is 15.2 Å². The minimum atomic E-state index is -0.183. The van der Waals surface area contributed by atoms with E-state index in [1.54, 1.807) is 23.9 Å². The number of rotatable bonds is 5. The summed E-state index contributed by atoms with van der Waals surface area (Å²) in [6.45, 7) is 3.94. The Balaban J connectivity index is 1.51. The average molecular weight is 440 g/mol. The molecular formula is C26H25N5O2. The van der Waals surface area contributed by atoms with E-state index < -0.39 is 0 Å². The number of carbonyl (C=O) groups is 1. The van der Waals surface area contributed by atoms with Crippen molar-refractivity contribution in [3.63, 3.8) is 0 Å². The van der Waals surface area contributed by atoms with Crippen LogP contribution in [0, 0.1) is 13.8 Å². The zero-order valence-electron chi connectivity index (χ0n) is 18.8. The third-order valence-corrected chi connectivity index (χ3v) is 5.94. The lowest BCUT2D eigenvalue weighted by molar-refractivity contribution is 0.102. The highest BCUT2D eigenvalue weighted by atomic mass is 16.1. The van der Waals surface area contributed by atoms with Crippen LogP contribution in [0.25, 0.3) is 22.2 Å². The summed E-state index contributed by atoms with van der Waals surface area (Å²) in [6.07, 6.45) is 3.90. The first kappa shape index (κ1) is 20.9. The summed E-state index contributed by atoms with van der Waals surface area (Å²) in [7, 11) is 1.74. The van der Waals surface area contributed by atoms with Crippen LogP contribution in [0.2, 0.25) is 0 Å². The number of hydrogen-bond acceptors (Lipinski definition) is 5. The van der Waals surface area contributed by atoms with Crippen LogP contribution in [0.3, 0.4) is 0 Å². The van der Waals surface area contributed by atoms with Gasteiger partial charge in [0.1, 0.15) is 5.52 Å². The molecule has 0 radical (unpaired) electrons. The van der Waals surface area contributed by atoms with Gasteiger partial charge in [0.2, 0.25) is 5.95 Å². The SMILES string of the molecule is Cc1cccc(C(=O)Nc2ccc(C)c(-c3cc4cnc(NC5CC5)nc4c(=O)n3C)c2)c1. The van der Waals surface area contributed by atoms with Gasteiger partial charge in [0.05, 0.1) is 5.69 Å². The van der Waals surface area contributed by atoms with E-state index in [1.807, 2.05) is 56.3 Å². The first-order chi connectivity index (χ1) is 15.9. The number of anilines is 2. The van der Waals surface area contributed by atoms with Crippen LogP contribution in [-0.2, 0) is 7.05 Å². The summed E-state index contributed by atoms with van der Waals surface area (Å²) < 4.78 is 1.60. The molecule has 1 aliphatic carbocycles. The molecule has 2 aromatic heterocycles. The van der Waals surface area contributed by atoms with Crippen molar-refractivity contribution < 1.29 is 4.79 Å². The third-order valence-electron chi connectivity index (χ3n) is 5.94. The van der Waals surface area contributed by atoms with E-state index in [4.69, 9.17) is 0 Å². The average Bonchev–Trinajstić information content (AvgIpc) is 3.62. The van der Waals surface area contributed by atoms with Gasteiger partial charge in [-0.3, -0.25) is 9.59 Å². The largest absolute Gasteiger partial charge is 0.351 e. The second-order valence-electron chi connectivity index (χ2n) is 8.66. The number of amides is 1. The maximum absolute atomic E-state index is 13.1. The zero-order valence-corrected chi connectivity index (χ0v) is 18.8. The summed E-state index contributed by atoms with van der Waals surface area (Å²) >= 11 is 0. The minimum Gasteiger partial charge on any atom is -0.351 e. The molecule has 1 saturated carbocycles. The van der Waals surface area contributed by atoms with Crippen LogP contribution in [-0.4, -0.2) is 26.5 Å². The number of nitrogens with zero attached hydrogens (tertiary/aromatic N) is 3. The minimum absolute atomic E-state index is 0.176. The fourth-order valence-corrected chi connectivity index (χ4v) is 3.88. The van der Waals surface area contributed by atoms with Gasteiger partial charge in [-0.2, -0.15) is 0 Å². The Morgan fingerprint density at radius 2 is 1.91 bits per heavy atom. The molecule has 1 amide bonds. The van der Waals surface area contributed by atoms with Crippen LogP contribution >= 0.6 is 0 Å². The fraction of sp³-hybridized carbons (Fsp3) is 0.231. The van der Waals surface area contributed by atoms with E-state index in [9.17, 15) is 9.59 Å². The molecule has 4 aromatic rings. The lowest BCUT2D eigenvalue weighted by Crippen LogP contribution is -2.20. The summed E-state index contributed by atoms with van der Waals surface area (Å²) in [5.41, 5.74) is 5.08. The van der Waals surface area contributed by atoms with E-state index in [2.05, 4.69) is 20.6 Å². The molecule has 0 aliphatic heterocycles. The van der Waals surface area contributed by atoms with Gasteiger partial charge in [0, 0.05) is 41.5 Å². The van der Waals surface area contributed by atoms with Gasteiger partial charge in [-0.1, -0.05) is 23.8 Å². The molecule has 33 heavy (non-hydrogen) atoms. The molecule has 7 heteroatoms. The number of carbonyl (C=O) groups excluding carboxylic acids is 1. The standard InChI is InChI=1S/C26H25N5O2/c1-15-5-4-6-17(11-15)24(32)28-20-8-7-16(2)21(13-20)22-12-18-14-27-26(29-19-9-10-19)30-23(18)25(33)31(22)3/h4-8,11-14,19H,9-10H2,1-3H3,(H,28,32)(H,27,29,30). The van der Waals surface area contributed by atoms with Gasteiger partial charge in [0.15, 0.2) is 0 Å². The number of aryl methyl sites for hydroxylation is 2. The van der Waals surface area contributed by atoms with Gasteiger partial charge in [0.25, 0.3) is 11.5 Å². The predicted molar refractivity (Wildman–Crippen MR) is 131 cm³/mol. The smallest absolute Gasteiger partial charge is 0.277 e. The quantitative estimate of drug-likeness (QED) is 0.480. The Hall–Kier alpha value is -4.00. The van der Waals surface area contributed by atoms with E-state index in [0.717, 1.165) is 35.2 Å². The molecule has 2 N–H and O–H groups in total. The molecule has 5 rings (SSSR count). The molecule has 0 spiro atoms. The summed E-state index contributed by atoms with van der Waals surface area (Å²) in [5.74, 6) is 0.317. The molecule has 0 saturated heterocycles. The molecule has 1 fully saturated rings. The lowest BCUT2D eigenvalue weighted by atomic mass is 10.0. The first-order valence-electron chi connectivity index (χ1n) is 11.0. The maximum atomic E-state index is 13.1. The number of hydrogen-bond donors (Lipinski definition) is 2. The monoisotopic (exact) mass is 439 g/mol. The first-order valence-corrected chi connectivity index (χ1v) is 11.0. The Labute approximate surface area is 191 Å². The molecule has 0 atom stereocenters. The predicted octanol–water partition coefficient (Wildman–Crippen LogP) is 4.44. The number of aromatic nitrogens is 3. The van der Waals surface area contributed by atoms with Crippen LogP contribution in [0.4, 0.5) is 11.6 Å². The second kappa shape index (κ2) is 8.16. The van der Waals surface area contributed by atoms with Crippen molar-refractivity contribution in [1.82, 2.24) is 14.5 Å². The number of fused-ring (bicyclic) bond motifs is 1. The van der Waals surface area contributed by atoms with E-state index in [0.29, 0.717) is 34.1 Å². The highest BCUT2D eigenvalue weighted by Gasteiger charge is 2.22. The van der Waals surface area contributed by atoms with E-state index in [-0.39, 0.29) is 11.5 Å². The van der Waals surface area contributed by atoms with Crippen molar-refractivity contribution in [2.75, 3.05) is 10.6 Å². The number of nitrogens with one attached hydrogen (secondary N) is 2. The summed E-state index contributed by atoms with van der Waals surface area (Å²) in [4.78, 5) is 34.7. The third kappa shape index (κ3) is 4.22. The molecule has 1 aliphatic rings. The van der Waals surface area contributed by atoms with Gasteiger partial charge >= 0.3 is 0 Å². The maximum Gasteiger partial charge on any atom is 0.277 e. The lowest BCUT2D eigenvalue weighted by Gasteiger charge is -2.15. The zero-order chi connectivity index (χ0) is 23.1. The summed E-state index contributed by atoms with van der Waals surface area (Å²) in [5, 5.41) is 6.89. The molecular weight excluding hydrogens is 414 g/mol. The Morgan fingerprint density at radius 1 is 1.09 bits per heavy atom. The van der Waals surface area contributed by atoms with Gasteiger partial charge in [-0.05, 0) is 62.6 Å². The van der Waals surface area contributed by atoms with Crippen molar-refractivity contribution >= 4 is 28.4 Å². The van der Waals surface area contributed by atoms with Crippen LogP contribution in [0.5, 0.6) is 0 Å². The molecule has 166 valence electrons. The Morgan fingerprint density at radius 3 is 2.67 bits per heavy atom. The van der Waals surface area contributed by atoms with Crippen molar-refractivity contribution in [3.05, 3.63) is 81.8 Å².